The van der Waals surface area contributed by atoms with Gasteiger partial charge in [-0.15, -0.1) is 0 Å². The number of carbonyl (C=O) groups is 1. The zero-order valence-corrected chi connectivity index (χ0v) is 13.3. The van der Waals surface area contributed by atoms with Gasteiger partial charge in [-0.3, -0.25) is 9.78 Å². The summed E-state index contributed by atoms with van der Waals surface area (Å²) >= 11 is 0. The maximum Gasteiger partial charge on any atom is 0.257 e. The van der Waals surface area contributed by atoms with E-state index < -0.39 is 0 Å². The van der Waals surface area contributed by atoms with Crippen LogP contribution >= 0.6 is 0 Å². The molecule has 4 heteroatoms. The molecule has 1 amide bonds. The van der Waals surface area contributed by atoms with E-state index in [-0.39, 0.29) is 17.6 Å². The molecule has 114 valence electrons. The van der Waals surface area contributed by atoms with E-state index in [1.165, 1.54) is 0 Å². The molecule has 0 fully saturated rings. The Hall–Kier alpha value is -2.20. The molecule has 1 unspecified atom stereocenters. The first kappa shape index (κ1) is 14.7. The molecule has 1 aliphatic heterocycles. The molecule has 22 heavy (non-hydrogen) atoms. The van der Waals surface area contributed by atoms with Gasteiger partial charge in [0.15, 0.2) is 0 Å². The zero-order valence-electron chi connectivity index (χ0n) is 13.3. The quantitative estimate of drug-likeness (QED) is 0.912. The molecule has 0 aliphatic carbocycles. The van der Waals surface area contributed by atoms with Crippen molar-refractivity contribution in [2.75, 3.05) is 5.32 Å². The van der Waals surface area contributed by atoms with Crippen LogP contribution in [0.15, 0.2) is 36.5 Å². The fourth-order valence-corrected chi connectivity index (χ4v) is 3.12. The summed E-state index contributed by atoms with van der Waals surface area (Å²) in [7, 11) is 0. The molecule has 1 aromatic heterocycles. The summed E-state index contributed by atoms with van der Waals surface area (Å²) in [5.41, 5.74) is 3.97. The Balaban J connectivity index is 1.97. The Morgan fingerprint density at radius 3 is 2.77 bits per heavy atom. The molecule has 0 radical (unpaired) electrons. The summed E-state index contributed by atoms with van der Waals surface area (Å²) in [6.07, 6.45) is 1.64. The van der Waals surface area contributed by atoms with Crippen LogP contribution in [0.4, 0.5) is 5.69 Å². The van der Waals surface area contributed by atoms with E-state index in [4.69, 9.17) is 4.74 Å². The Morgan fingerprint density at radius 1 is 1.27 bits per heavy atom. The van der Waals surface area contributed by atoms with Crippen molar-refractivity contribution >= 4 is 11.6 Å². The van der Waals surface area contributed by atoms with Gasteiger partial charge < -0.3 is 10.1 Å². The first-order valence-corrected chi connectivity index (χ1v) is 7.44. The number of anilines is 1. The number of carbonyl (C=O) groups excluding carboxylic acids is 1. The number of aryl methyl sites for hydroxylation is 1. The van der Waals surface area contributed by atoms with Crippen molar-refractivity contribution in [1.82, 2.24) is 4.98 Å². The average molecular weight is 296 g/mol. The summed E-state index contributed by atoms with van der Waals surface area (Å²) in [6, 6.07) is 9.48. The van der Waals surface area contributed by atoms with Gasteiger partial charge in [0.05, 0.1) is 17.3 Å². The molecule has 4 nitrogen and oxygen atoms in total. The molecule has 1 N–H and O–H groups in total. The first-order valence-electron chi connectivity index (χ1n) is 7.44. The number of ether oxygens (including phenoxy) is 1. The number of benzene rings is 1. The minimum atomic E-state index is -0.334. The monoisotopic (exact) mass is 296 g/mol. The van der Waals surface area contributed by atoms with Crippen LogP contribution in [0.1, 0.15) is 54.1 Å². The molecule has 0 saturated carbocycles. The second-order valence-electron chi connectivity index (χ2n) is 6.13. The highest BCUT2D eigenvalue weighted by atomic mass is 16.5. The molecule has 3 rings (SSSR count). The van der Waals surface area contributed by atoms with Crippen LogP contribution in [-0.2, 0) is 10.3 Å². The fraction of sp³-hybridized carbons (Fsp3) is 0.333. The number of nitrogens with zero attached hydrogens (tertiary/aromatic N) is 1. The zero-order chi connectivity index (χ0) is 15.9. The van der Waals surface area contributed by atoms with Crippen LogP contribution in [0.25, 0.3) is 0 Å². The summed E-state index contributed by atoms with van der Waals surface area (Å²) in [4.78, 5) is 16.7. The maximum atomic E-state index is 12.5. The van der Waals surface area contributed by atoms with Crippen molar-refractivity contribution in [3.05, 3.63) is 58.9 Å². The lowest BCUT2D eigenvalue weighted by molar-refractivity contribution is -0.0433. The summed E-state index contributed by atoms with van der Waals surface area (Å²) < 4.78 is 6.01. The molecule has 0 saturated heterocycles. The highest BCUT2D eigenvalue weighted by molar-refractivity contribution is 6.05. The van der Waals surface area contributed by atoms with Crippen molar-refractivity contribution in [2.45, 2.75) is 39.4 Å². The highest BCUT2D eigenvalue weighted by Crippen LogP contribution is 2.46. The second-order valence-corrected chi connectivity index (χ2v) is 6.13. The number of hydrogen-bond acceptors (Lipinski definition) is 3. The minimum Gasteiger partial charge on any atom is -0.363 e. The molecular weight excluding hydrogens is 276 g/mol. The number of aromatic nitrogens is 1. The number of fused-ring (bicyclic) bond motifs is 1. The van der Waals surface area contributed by atoms with Crippen LogP contribution in [0.5, 0.6) is 0 Å². The highest BCUT2D eigenvalue weighted by Gasteiger charge is 2.37. The van der Waals surface area contributed by atoms with Crippen LogP contribution in [0, 0.1) is 6.92 Å². The van der Waals surface area contributed by atoms with E-state index in [1.807, 2.05) is 39.8 Å². The smallest absolute Gasteiger partial charge is 0.257 e. The van der Waals surface area contributed by atoms with Crippen molar-refractivity contribution < 1.29 is 9.53 Å². The number of nitrogens with one attached hydrogen (secondary N) is 1. The molecule has 1 aromatic carbocycles. The summed E-state index contributed by atoms with van der Waals surface area (Å²) in [5, 5.41) is 3.01. The standard InChI is InChI=1S/C18H20N2O2/c1-11-13(7-6-10-19-11)17(21)20-15-9-5-8-14-16(15)12(2)22-18(14,3)4/h5-10,12H,1-4H3,(H,20,21). The lowest BCUT2D eigenvalue weighted by Gasteiger charge is -2.19. The van der Waals surface area contributed by atoms with E-state index >= 15 is 0 Å². The third kappa shape index (κ3) is 2.40. The number of hydrogen-bond donors (Lipinski definition) is 1. The molecule has 0 spiro atoms. The largest absolute Gasteiger partial charge is 0.363 e. The Bertz CT molecular complexity index is 738. The fourth-order valence-electron chi connectivity index (χ4n) is 3.12. The predicted octanol–water partition coefficient (Wildman–Crippen LogP) is 3.97. The van der Waals surface area contributed by atoms with Crippen LogP contribution < -0.4 is 5.32 Å². The predicted molar refractivity (Wildman–Crippen MR) is 85.9 cm³/mol. The van der Waals surface area contributed by atoms with Crippen LogP contribution in [0.2, 0.25) is 0 Å². The van der Waals surface area contributed by atoms with Crippen LogP contribution in [0.3, 0.4) is 0 Å². The second kappa shape index (κ2) is 5.21. The Labute approximate surface area is 130 Å². The maximum absolute atomic E-state index is 12.5. The van der Waals surface area contributed by atoms with Gasteiger partial charge in [-0.05, 0) is 51.5 Å². The van der Waals surface area contributed by atoms with Crippen molar-refractivity contribution in [2.24, 2.45) is 0 Å². The Kier molecular flexibility index (Phi) is 3.49. The van der Waals surface area contributed by atoms with E-state index in [0.717, 1.165) is 22.5 Å². The topological polar surface area (TPSA) is 51.2 Å². The van der Waals surface area contributed by atoms with Gasteiger partial charge in [-0.25, -0.2) is 0 Å². The number of amides is 1. The van der Waals surface area contributed by atoms with Crippen molar-refractivity contribution in [1.29, 1.82) is 0 Å². The van der Waals surface area contributed by atoms with E-state index in [0.29, 0.717) is 5.56 Å². The average Bonchev–Trinajstić information content (AvgIpc) is 2.70. The van der Waals surface area contributed by atoms with Gasteiger partial charge >= 0.3 is 0 Å². The van der Waals surface area contributed by atoms with Crippen molar-refractivity contribution in [3.63, 3.8) is 0 Å². The van der Waals surface area contributed by atoms with Gasteiger partial charge in [0.25, 0.3) is 5.91 Å². The number of pyridine rings is 1. The van der Waals surface area contributed by atoms with E-state index in [9.17, 15) is 4.79 Å². The number of rotatable bonds is 2. The first-order chi connectivity index (χ1) is 10.4. The van der Waals surface area contributed by atoms with Gasteiger partial charge in [-0.2, -0.15) is 0 Å². The third-order valence-electron chi connectivity index (χ3n) is 4.13. The SMILES string of the molecule is Cc1ncccc1C(=O)Nc1cccc2c1C(C)OC2(C)C. The Morgan fingerprint density at radius 2 is 2.05 bits per heavy atom. The molecular formula is C18H20N2O2. The lowest BCUT2D eigenvalue weighted by Crippen LogP contribution is -2.16. The molecule has 2 heterocycles. The normalized spacial score (nSPS) is 18.8. The van der Waals surface area contributed by atoms with Gasteiger partial charge in [0, 0.05) is 23.1 Å². The summed E-state index contributed by atoms with van der Waals surface area (Å²) in [5.74, 6) is -0.143. The summed E-state index contributed by atoms with van der Waals surface area (Å²) in [6.45, 7) is 7.94. The lowest BCUT2D eigenvalue weighted by atomic mass is 9.93. The minimum absolute atomic E-state index is 0.0449. The van der Waals surface area contributed by atoms with E-state index in [1.54, 1.807) is 18.3 Å². The van der Waals surface area contributed by atoms with Crippen LogP contribution in [-0.4, -0.2) is 10.9 Å². The molecule has 0 bridgehead atoms. The molecule has 1 aliphatic rings. The molecule has 1 atom stereocenters. The van der Waals surface area contributed by atoms with E-state index in [2.05, 4.69) is 16.4 Å². The van der Waals surface area contributed by atoms with Crippen molar-refractivity contribution in [3.8, 4) is 0 Å². The van der Waals surface area contributed by atoms with Gasteiger partial charge in [0.2, 0.25) is 0 Å². The third-order valence-corrected chi connectivity index (χ3v) is 4.13. The van der Waals surface area contributed by atoms with Gasteiger partial charge in [0.1, 0.15) is 0 Å². The van der Waals surface area contributed by atoms with Gasteiger partial charge in [-0.1, -0.05) is 12.1 Å². The molecule has 2 aromatic rings.